The molecule has 1 fully saturated rings. The fourth-order valence-corrected chi connectivity index (χ4v) is 2.79. The third-order valence-corrected chi connectivity index (χ3v) is 4.01. The maximum Gasteiger partial charge on any atom is 0.266 e. The van der Waals surface area contributed by atoms with Gasteiger partial charge in [0.25, 0.3) is 5.89 Å². The van der Waals surface area contributed by atoms with E-state index in [9.17, 15) is 9.18 Å². The van der Waals surface area contributed by atoms with E-state index >= 15 is 4.39 Å². The van der Waals surface area contributed by atoms with Crippen LogP contribution in [0.5, 0.6) is 0 Å². The lowest BCUT2D eigenvalue weighted by Gasteiger charge is -2.35. The second-order valence-electron chi connectivity index (χ2n) is 5.80. The fourth-order valence-electron chi connectivity index (χ4n) is 2.79. The van der Waals surface area contributed by atoms with E-state index in [4.69, 9.17) is 4.52 Å². The summed E-state index contributed by atoms with van der Waals surface area (Å²) in [4.78, 5) is 17.7. The van der Waals surface area contributed by atoms with Gasteiger partial charge in [-0.05, 0) is 31.4 Å². The van der Waals surface area contributed by atoms with Gasteiger partial charge < -0.3 is 9.42 Å². The van der Waals surface area contributed by atoms with Gasteiger partial charge in [0.15, 0.2) is 5.82 Å². The lowest BCUT2D eigenvalue weighted by Crippen LogP contribution is -2.47. The third-order valence-electron chi connectivity index (χ3n) is 4.01. The summed E-state index contributed by atoms with van der Waals surface area (Å²) in [6, 6.07) is 6.10. The number of hydrogen-bond acceptors (Lipinski definition) is 4. The second-order valence-corrected chi connectivity index (χ2v) is 5.80. The Bertz CT molecular complexity index is 719. The van der Waals surface area contributed by atoms with Crippen LogP contribution in [0.15, 0.2) is 28.8 Å². The molecule has 1 atom stereocenters. The van der Waals surface area contributed by atoms with E-state index < -0.39 is 11.5 Å². The molecule has 0 radical (unpaired) electrons. The zero-order chi connectivity index (χ0) is 16.4. The minimum atomic E-state index is -1.84. The van der Waals surface area contributed by atoms with Gasteiger partial charge >= 0.3 is 0 Å². The lowest BCUT2D eigenvalue weighted by molar-refractivity contribution is -0.135. The van der Waals surface area contributed by atoms with E-state index in [0.717, 1.165) is 0 Å². The van der Waals surface area contributed by atoms with Crippen molar-refractivity contribution in [2.75, 3.05) is 13.1 Å². The Balaban J connectivity index is 1.73. The summed E-state index contributed by atoms with van der Waals surface area (Å²) in [6.07, 6.45) is 0.616. The van der Waals surface area contributed by atoms with E-state index in [0.29, 0.717) is 24.4 Å². The number of nitrogens with zero attached hydrogens (tertiary/aromatic N) is 3. The average Bonchev–Trinajstić information content (AvgIpc) is 2.97. The van der Waals surface area contributed by atoms with Crippen LogP contribution in [0.3, 0.4) is 0 Å². The summed E-state index contributed by atoms with van der Waals surface area (Å²) in [5.74, 6) is -0.491. The molecule has 23 heavy (non-hydrogen) atoms. The van der Waals surface area contributed by atoms with Crippen LogP contribution < -0.4 is 0 Å². The molecule has 0 spiro atoms. The molecular formula is C16H17F2N3O2. The highest BCUT2D eigenvalue weighted by Crippen LogP contribution is 2.34. The number of rotatable bonds is 3. The van der Waals surface area contributed by atoms with Crippen molar-refractivity contribution in [1.82, 2.24) is 15.0 Å². The SMILES string of the molecule is Cc1noc(C2(F)CCCN(C(=O)Cc3ccccc3F)C2)n1. The molecule has 2 aromatic rings. The minimum absolute atomic E-state index is 0.0917. The highest BCUT2D eigenvalue weighted by Gasteiger charge is 2.43. The number of aromatic nitrogens is 2. The summed E-state index contributed by atoms with van der Waals surface area (Å²) in [7, 11) is 0. The standard InChI is InChI=1S/C16H17F2N3O2/c1-11-19-15(23-20-11)16(18)7-4-8-21(10-16)14(22)9-12-5-2-3-6-13(12)17/h2-3,5-6H,4,7-10H2,1H3. The quantitative estimate of drug-likeness (QED) is 0.872. The van der Waals surface area contributed by atoms with Crippen molar-refractivity contribution in [3.05, 3.63) is 47.4 Å². The van der Waals surface area contributed by atoms with Crippen molar-refractivity contribution >= 4 is 5.91 Å². The number of piperidine rings is 1. The third kappa shape index (κ3) is 3.23. The lowest BCUT2D eigenvalue weighted by atomic mass is 9.94. The Kier molecular flexibility index (Phi) is 4.11. The highest BCUT2D eigenvalue weighted by molar-refractivity contribution is 5.79. The Morgan fingerprint density at radius 3 is 2.91 bits per heavy atom. The van der Waals surface area contributed by atoms with Crippen molar-refractivity contribution in [3.8, 4) is 0 Å². The predicted molar refractivity (Wildman–Crippen MR) is 77.7 cm³/mol. The fraction of sp³-hybridized carbons (Fsp3) is 0.438. The first-order chi connectivity index (χ1) is 11.0. The van der Waals surface area contributed by atoms with Crippen LogP contribution in [-0.4, -0.2) is 34.0 Å². The van der Waals surface area contributed by atoms with Gasteiger partial charge in [-0.25, -0.2) is 8.78 Å². The second kappa shape index (κ2) is 6.06. The summed E-state index contributed by atoms with van der Waals surface area (Å²) in [6.45, 7) is 1.90. The van der Waals surface area contributed by atoms with Crippen molar-refractivity contribution in [2.45, 2.75) is 31.9 Å². The van der Waals surface area contributed by atoms with Crippen molar-refractivity contribution in [3.63, 3.8) is 0 Å². The molecule has 1 unspecified atom stereocenters. The zero-order valence-electron chi connectivity index (χ0n) is 12.8. The molecule has 0 N–H and O–H groups in total. The number of carbonyl (C=O) groups is 1. The number of likely N-dealkylation sites (tertiary alicyclic amines) is 1. The van der Waals surface area contributed by atoms with Gasteiger partial charge in [0.1, 0.15) is 5.82 Å². The molecule has 0 bridgehead atoms. The van der Waals surface area contributed by atoms with Gasteiger partial charge in [-0.2, -0.15) is 4.98 Å². The normalized spacial score (nSPS) is 21.4. The van der Waals surface area contributed by atoms with Gasteiger partial charge in [-0.15, -0.1) is 0 Å². The molecule has 1 saturated heterocycles. The van der Waals surface area contributed by atoms with Gasteiger partial charge in [0, 0.05) is 6.54 Å². The number of amides is 1. The van der Waals surface area contributed by atoms with E-state index in [-0.39, 0.29) is 31.2 Å². The number of benzene rings is 1. The largest absolute Gasteiger partial charge is 0.339 e. The molecule has 3 rings (SSSR count). The van der Waals surface area contributed by atoms with Crippen LogP contribution in [0.4, 0.5) is 8.78 Å². The Hall–Kier alpha value is -2.31. The molecule has 122 valence electrons. The monoisotopic (exact) mass is 321 g/mol. The number of aryl methyl sites for hydroxylation is 1. The maximum absolute atomic E-state index is 15.1. The Labute approximate surface area is 132 Å². The van der Waals surface area contributed by atoms with Crippen LogP contribution in [-0.2, 0) is 16.9 Å². The van der Waals surface area contributed by atoms with E-state index in [1.54, 1.807) is 25.1 Å². The van der Waals surface area contributed by atoms with Crippen LogP contribution >= 0.6 is 0 Å². The van der Waals surface area contributed by atoms with Crippen molar-refractivity contribution < 1.29 is 18.1 Å². The molecule has 1 aliphatic rings. The van der Waals surface area contributed by atoms with Gasteiger partial charge in [0.05, 0.1) is 13.0 Å². The molecule has 2 heterocycles. The Morgan fingerprint density at radius 2 is 2.22 bits per heavy atom. The van der Waals surface area contributed by atoms with Gasteiger partial charge in [-0.1, -0.05) is 23.4 Å². The minimum Gasteiger partial charge on any atom is -0.339 e. The van der Waals surface area contributed by atoms with Crippen LogP contribution in [0.25, 0.3) is 0 Å². The smallest absolute Gasteiger partial charge is 0.266 e. The molecule has 1 aromatic carbocycles. The summed E-state index contributed by atoms with van der Waals surface area (Å²) >= 11 is 0. The van der Waals surface area contributed by atoms with E-state index in [1.807, 2.05) is 0 Å². The highest BCUT2D eigenvalue weighted by atomic mass is 19.1. The molecular weight excluding hydrogens is 304 g/mol. The topological polar surface area (TPSA) is 59.2 Å². The number of hydrogen-bond donors (Lipinski definition) is 0. The summed E-state index contributed by atoms with van der Waals surface area (Å²) in [5.41, 5.74) is -1.54. The summed E-state index contributed by atoms with van der Waals surface area (Å²) in [5, 5.41) is 3.61. The molecule has 1 aromatic heterocycles. The van der Waals surface area contributed by atoms with Crippen molar-refractivity contribution in [2.24, 2.45) is 0 Å². The Morgan fingerprint density at radius 1 is 1.43 bits per heavy atom. The van der Waals surface area contributed by atoms with E-state index in [2.05, 4.69) is 10.1 Å². The average molecular weight is 321 g/mol. The number of carbonyl (C=O) groups excluding carboxylic acids is 1. The van der Waals surface area contributed by atoms with Gasteiger partial charge in [-0.3, -0.25) is 4.79 Å². The molecule has 1 aliphatic heterocycles. The number of alkyl halides is 1. The first-order valence-corrected chi connectivity index (χ1v) is 7.49. The molecule has 5 nitrogen and oxygen atoms in total. The van der Waals surface area contributed by atoms with Crippen LogP contribution in [0.1, 0.15) is 30.1 Å². The predicted octanol–water partition coefficient (Wildman–Crippen LogP) is 2.55. The molecule has 1 amide bonds. The maximum atomic E-state index is 15.1. The molecule has 0 aliphatic carbocycles. The van der Waals surface area contributed by atoms with Gasteiger partial charge in [0.2, 0.25) is 11.6 Å². The molecule has 0 saturated carbocycles. The summed E-state index contributed by atoms with van der Waals surface area (Å²) < 4.78 is 33.7. The van der Waals surface area contributed by atoms with Crippen LogP contribution in [0.2, 0.25) is 0 Å². The zero-order valence-corrected chi connectivity index (χ0v) is 12.8. The van der Waals surface area contributed by atoms with Crippen molar-refractivity contribution in [1.29, 1.82) is 0 Å². The first kappa shape index (κ1) is 15.6. The number of halogens is 2. The van der Waals surface area contributed by atoms with E-state index in [1.165, 1.54) is 11.0 Å². The first-order valence-electron chi connectivity index (χ1n) is 7.49. The van der Waals surface area contributed by atoms with Crippen LogP contribution in [0, 0.1) is 12.7 Å². The molecule has 7 heteroatoms.